The molecule has 1 aromatic rings. The van der Waals surface area contributed by atoms with Crippen molar-refractivity contribution in [1.82, 2.24) is 0 Å². The van der Waals surface area contributed by atoms with Gasteiger partial charge in [-0.1, -0.05) is 23.2 Å². The lowest BCUT2D eigenvalue weighted by atomic mass is 10.0. The highest BCUT2D eigenvalue weighted by Gasteiger charge is 2.49. The summed E-state index contributed by atoms with van der Waals surface area (Å²) in [5.41, 5.74) is -1.10. The minimum Gasteiger partial charge on any atom is -0.474 e. The van der Waals surface area contributed by atoms with E-state index < -0.39 is 53.3 Å². The van der Waals surface area contributed by atoms with Crippen LogP contribution in [0.5, 0.6) is 5.75 Å². The Labute approximate surface area is 174 Å². The summed E-state index contributed by atoms with van der Waals surface area (Å²) in [5, 5.41) is 16.2. The van der Waals surface area contributed by atoms with E-state index in [0.29, 0.717) is 0 Å². The standard InChI is InChI=1S/C14H10Cl2F3N2O9/c15-7-1-6-2-9(12(14(17,18)19)30-11(6)10(16)3-7)13(22)29-8(4-27-20(23)24)5-28-21(25)26/h1-3,8,12H,4-5H2,(H,23,24)/q+1/t8?,12-/m0/s1. The lowest BCUT2D eigenvalue weighted by Crippen LogP contribution is -2.42. The molecule has 0 bridgehead atoms. The maximum Gasteiger partial charge on any atom is 0.475 e. The highest BCUT2D eigenvalue weighted by molar-refractivity contribution is 6.36. The molecule has 2 rings (SSSR count). The maximum absolute atomic E-state index is 13.4. The first kappa shape index (κ1) is 23.3. The van der Waals surface area contributed by atoms with Crippen molar-refractivity contribution in [3.05, 3.63) is 48.3 Å². The Kier molecular flexibility index (Phi) is 7.15. The van der Waals surface area contributed by atoms with Crippen LogP contribution in [0.15, 0.2) is 17.7 Å². The minimum absolute atomic E-state index is 0.0425. The number of hydrogen-bond acceptors (Lipinski definition) is 8. The van der Waals surface area contributed by atoms with Crippen LogP contribution in [0.2, 0.25) is 10.0 Å². The molecule has 1 unspecified atom stereocenters. The van der Waals surface area contributed by atoms with E-state index in [2.05, 4.69) is 9.68 Å². The first-order valence-corrected chi connectivity index (χ1v) is 8.35. The van der Waals surface area contributed by atoms with Gasteiger partial charge in [0.25, 0.3) is 5.09 Å². The molecule has 0 spiro atoms. The number of hydrogen-bond donors (Lipinski definition) is 1. The summed E-state index contributed by atoms with van der Waals surface area (Å²) in [4.78, 5) is 41.1. The zero-order valence-electron chi connectivity index (χ0n) is 14.3. The number of alkyl halides is 3. The second kappa shape index (κ2) is 9.21. The van der Waals surface area contributed by atoms with Crippen molar-refractivity contribution >= 4 is 35.2 Å². The molecule has 0 amide bonds. The third-order valence-corrected chi connectivity index (χ3v) is 3.91. The molecule has 30 heavy (non-hydrogen) atoms. The number of fused-ring (bicyclic) bond motifs is 1. The fraction of sp³-hybridized carbons (Fsp3) is 0.357. The van der Waals surface area contributed by atoms with Crippen LogP contribution in [-0.2, 0) is 19.2 Å². The molecule has 164 valence electrons. The van der Waals surface area contributed by atoms with E-state index in [1.54, 1.807) is 0 Å². The predicted octanol–water partition coefficient (Wildman–Crippen LogP) is 2.92. The molecule has 16 heteroatoms. The van der Waals surface area contributed by atoms with Crippen molar-refractivity contribution in [3.63, 3.8) is 0 Å². The molecule has 1 heterocycles. The summed E-state index contributed by atoms with van der Waals surface area (Å²) in [5.74, 6) is -1.99. The van der Waals surface area contributed by atoms with Gasteiger partial charge in [-0.3, -0.25) is 0 Å². The van der Waals surface area contributed by atoms with Gasteiger partial charge in [0, 0.05) is 10.6 Å². The zero-order chi connectivity index (χ0) is 22.6. The van der Waals surface area contributed by atoms with Crippen LogP contribution in [0.1, 0.15) is 5.56 Å². The van der Waals surface area contributed by atoms with Gasteiger partial charge >= 0.3 is 17.2 Å². The van der Waals surface area contributed by atoms with Gasteiger partial charge in [0.2, 0.25) is 12.7 Å². The number of halogens is 5. The smallest absolute Gasteiger partial charge is 0.474 e. The lowest BCUT2D eigenvalue weighted by Gasteiger charge is -2.29. The number of nitrogens with zero attached hydrogens (tertiary/aromatic N) is 2. The fourth-order valence-corrected chi connectivity index (χ4v) is 2.83. The number of esters is 1. The van der Waals surface area contributed by atoms with Gasteiger partial charge in [0.15, 0.2) is 6.10 Å². The molecule has 11 nitrogen and oxygen atoms in total. The summed E-state index contributed by atoms with van der Waals surface area (Å²) in [6.07, 6.45) is -8.84. The monoisotopic (exact) mass is 477 g/mol. The SMILES string of the molecule is O=C(OC(CO[N+](=O)[O-])CO[N+](=O)O)C1=Cc2cc(Cl)cc(Cl)c2O[C@@H]1C(F)(F)F. The number of ether oxygens (including phenoxy) is 2. The number of rotatable bonds is 8. The van der Waals surface area contributed by atoms with E-state index in [4.69, 9.17) is 37.9 Å². The first-order valence-electron chi connectivity index (χ1n) is 7.59. The molecule has 0 saturated carbocycles. The first-order chi connectivity index (χ1) is 13.9. The van der Waals surface area contributed by atoms with Crippen LogP contribution in [0, 0.1) is 15.0 Å². The van der Waals surface area contributed by atoms with Crippen LogP contribution in [0.25, 0.3) is 6.08 Å². The lowest BCUT2D eigenvalue weighted by molar-refractivity contribution is -0.976. The fourth-order valence-electron chi connectivity index (χ4n) is 2.27. The quantitative estimate of drug-likeness (QED) is 0.340. The molecule has 1 N–H and O–H groups in total. The van der Waals surface area contributed by atoms with Gasteiger partial charge in [-0.2, -0.15) is 18.0 Å². The van der Waals surface area contributed by atoms with E-state index >= 15 is 0 Å². The average Bonchev–Trinajstić information content (AvgIpc) is 2.61. The normalized spacial score (nSPS) is 16.4. The Hall–Kier alpha value is -3.00. The van der Waals surface area contributed by atoms with Crippen molar-refractivity contribution in [1.29, 1.82) is 0 Å². The summed E-state index contributed by atoms with van der Waals surface area (Å²) >= 11 is 11.6. The van der Waals surface area contributed by atoms with Gasteiger partial charge in [-0.25, -0.2) is 10.0 Å². The predicted molar refractivity (Wildman–Crippen MR) is 89.1 cm³/mol. The minimum atomic E-state index is -5.08. The van der Waals surface area contributed by atoms with E-state index in [-0.39, 0.29) is 21.4 Å². The van der Waals surface area contributed by atoms with Crippen molar-refractivity contribution in [2.45, 2.75) is 18.4 Å². The van der Waals surface area contributed by atoms with Crippen molar-refractivity contribution in [3.8, 4) is 5.75 Å². The van der Waals surface area contributed by atoms with E-state index in [0.717, 1.165) is 12.1 Å². The average molecular weight is 478 g/mol. The summed E-state index contributed by atoms with van der Waals surface area (Å²) in [6.45, 7) is -1.98. The summed E-state index contributed by atoms with van der Waals surface area (Å²) in [7, 11) is 0. The van der Waals surface area contributed by atoms with Gasteiger partial charge in [0.1, 0.15) is 17.3 Å². The van der Waals surface area contributed by atoms with Crippen LogP contribution in [0.4, 0.5) is 13.2 Å². The molecule has 1 aliphatic rings. The Balaban J connectivity index is 2.34. The molecule has 0 aromatic heterocycles. The molecule has 0 aliphatic carbocycles. The van der Waals surface area contributed by atoms with Crippen LogP contribution >= 0.6 is 23.2 Å². The van der Waals surface area contributed by atoms with Gasteiger partial charge in [-0.15, -0.1) is 10.1 Å². The van der Waals surface area contributed by atoms with Crippen molar-refractivity contribution in [2.75, 3.05) is 13.2 Å². The Morgan fingerprint density at radius 1 is 1.27 bits per heavy atom. The summed E-state index contributed by atoms with van der Waals surface area (Å²) < 4.78 is 49.9. The zero-order valence-corrected chi connectivity index (χ0v) is 15.8. The van der Waals surface area contributed by atoms with E-state index in [9.17, 15) is 33.0 Å². The number of benzene rings is 1. The van der Waals surface area contributed by atoms with E-state index in [1.807, 2.05) is 0 Å². The Morgan fingerprint density at radius 3 is 2.47 bits per heavy atom. The Morgan fingerprint density at radius 2 is 1.90 bits per heavy atom. The van der Waals surface area contributed by atoms with Gasteiger partial charge in [0.05, 0.1) is 10.6 Å². The summed E-state index contributed by atoms with van der Waals surface area (Å²) in [6, 6.07) is 2.32. The molecule has 2 atom stereocenters. The molecule has 0 radical (unpaired) electrons. The van der Waals surface area contributed by atoms with Crippen LogP contribution < -0.4 is 4.74 Å². The van der Waals surface area contributed by atoms with Gasteiger partial charge < -0.3 is 14.3 Å². The van der Waals surface area contributed by atoms with Crippen LogP contribution in [0.3, 0.4) is 0 Å². The third kappa shape index (κ3) is 6.00. The number of carbonyl (C=O) groups excluding carboxylic acids is 1. The molecule has 0 saturated heterocycles. The highest BCUT2D eigenvalue weighted by Crippen LogP contribution is 2.42. The van der Waals surface area contributed by atoms with Crippen LogP contribution in [-0.4, -0.2) is 52.9 Å². The van der Waals surface area contributed by atoms with Crippen molar-refractivity contribution in [2.24, 2.45) is 0 Å². The number of carbonyl (C=O) groups is 1. The second-order valence-electron chi connectivity index (χ2n) is 5.53. The molecule has 1 aromatic carbocycles. The topological polar surface area (TPSA) is 137 Å². The van der Waals surface area contributed by atoms with Crippen molar-refractivity contribution < 1.29 is 52.5 Å². The van der Waals surface area contributed by atoms with Gasteiger partial charge in [-0.05, 0) is 18.2 Å². The largest absolute Gasteiger partial charge is 0.475 e. The molecular formula is C14H10Cl2F3N2O9+. The molecule has 1 aliphatic heterocycles. The maximum atomic E-state index is 13.4. The highest BCUT2D eigenvalue weighted by atomic mass is 35.5. The second-order valence-corrected chi connectivity index (χ2v) is 6.37. The molecular weight excluding hydrogens is 468 g/mol. The molecule has 0 fully saturated rings. The van der Waals surface area contributed by atoms with E-state index in [1.165, 1.54) is 6.07 Å². The Bertz CT molecular complexity index is 876. The third-order valence-electron chi connectivity index (χ3n) is 3.41.